The Bertz CT molecular complexity index is 703. The summed E-state index contributed by atoms with van der Waals surface area (Å²) in [6.07, 6.45) is 2.40. The van der Waals surface area contributed by atoms with Crippen molar-refractivity contribution in [3.63, 3.8) is 0 Å². The smallest absolute Gasteiger partial charge is 0.243 e. The molecule has 1 aliphatic rings. The zero-order chi connectivity index (χ0) is 13.4. The van der Waals surface area contributed by atoms with Gasteiger partial charge in [-0.25, -0.2) is 4.98 Å². The van der Waals surface area contributed by atoms with Crippen molar-refractivity contribution in [2.45, 2.75) is 18.9 Å². The average molecular weight is 300 g/mol. The van der Waals surface area contributed by atoms with E-state index in [1.165, 1.54) is 12.8 Å². The van der Waals surface area contributed by atoms with Crippen molar-refractivity contribution in [2.24, 2.45) is 0 Å². The molecular formula is C14H12N4S2. The number of nitrogens with zero attached hydrogens (tertiary/aromatic N) is 3. The van der Waals surface area contributed by atoms with Gasteiger partial charge in [-0.15, -0.1) is 32.9 Å². The molecular weight excluding hydrogens is 288 g/mol. The zero-order valence-electron chi connectivity index (χ0n) is 10.6. The second-order valence-corrected chi connectivity index (χ2v) is 6.60. The first kappa shape index (κ1) is 12.0. The molecule has 100 valence electrons. The minimum absolute atomic E-state index is 0.528. The highest BCUT2D eigenvalue weighted by Gasteiger charge is 2.23. The lowest BCUT2D eigenvalue weighted by molar-refractivity contribution is 0.956. The van der Waals surface area contributed by atoms with Gasteiger partial charge < -0.3 is 5.32 Å². The largest absolute Gasteiger partial charge is 0.350 e. The number of rotatable bonds is 4. The van der Waals surface area contributed by atoms with Gasteiger partial charge in [-0.2, -0.15) is 0 Å². The van der Waals surface area contributed by atoms with Gasteiger partial charge in [0.05, 0.1) is 9.75 Å². The SMILES string of the molecule is c1csc(-c2nnc(NC3CC3)nc2-c2cccs2)c1. The minimum Gasteiger partial charge on any atom is -0.350 e. The zero-order valence-corrected chi connectivity index (χ0v) is 12.2. The normalized spacial score (nSPS) is 14.4. The van der Waals surface area contributed by atoms with E-state index in [1.54, 1.807) is 22.7 Å². The van der Waals surface area contributed by atoms with Crippen LogP contribution in [-0.2, 0) is 0 Å². The predicted molar refractivity (Wildman–Crippen MR) is 83.1 cm³/mol. The summed E-state index contributed by atoms with van der Waals surface area (Å²) in [5, 5.41) is 16.0. The molecule has 0 amide bonds. The van der Waals surface area contributed by atoms with Gasteiger partial charge in [0.15, 0.2) is 0 Å². The number of nitrogens with one attached hydrogen (secondary N) is 1. The van der Waals surface area contributed by atoms with E-state index in [9.17, 15) is 0 Å². The van der Waals surface area contributed by atoms with Crippen LogP contribution in [-0.4, -0.2) is 21.2 Å². The Morgan fingerprint density at radius 3 is 2.25 bits per heavy atom. The fourth-order valence-electron chi connectivity index (χ4n) is 1.96. The quantitative estimate of drug-likeness (QED) is 0.794. The maximum absolute atomic E-state index is 4.68. The van der Waals surface area contributed by atoms with Crippen LogP contribution in [0.3, 0.4) is 0 Å². The van der Waals surface area contributed by atoms with Gasteiger partial charge in [-0.05, 0) is 35.7 Å². The number of anilines is 1. The molecule has 20 heavy (non-hydrogen) atoms. The molecule has 0 aliphatic heterocycles. The van der Waals surface area contributed by atoms with E-state index in [2.05, 4.69) is 38.0 Å². The monoisotopic (exact) mass is 300 g/mol. The van der Waals surface area contributed by atoms with E-state index in [-0.39, 0.29) is 0 Å². The van der Waals surface area contributed by atoms with E-state index in [1.807, 2.05) is 17.5 Å². The van der Waals surface area contributed by atoms with Crippen molar-refractivity contribution in [1.29, 1.82) is 0 Å². The van der Waals surface area contributed by atoms with Crippen molar-refractivity contribution < 1.29 is 0 Å². The molecule has 3 heterocycles. The lowest BCUT2D eigenvalue weighted by Crippen LogP contribution is -2.08. The third-order valence-corrected chi connectivity index (χ3v) is 4.86. The minimum atomic E-state index is 0.528. The Morgan fingerprint density at radius 1 is 0.950 bits per heavy atom. The Morgan fingerprint density at radius 2 is 1.65 bits per heavy atom. The molecule has 0 saturated heterocycles. The third-order valence-electron chi connectivity index (χ3n) is 3.11. The number of aromatic nitrogens is 3. The lowest BCUT2D eigenvalue weighted by atomic mass is 10.2. The second kappa shape index (κ2) is 4.96. The van der Waals surface area contributed by atoms with Crippen LogP contribution < -0.4 is 5.32 Å². The predicted octanol–water partition coefficient (Wildman–Crippen LogP) is 3.90. The van der Waals surface area contributed by atoms with Crippen molar-refractivity contribution in [3.05, 3.63) is 35.0 Å². The van der Waals surface area contributed by atoms with Gasteiger partial charge in [0, 0.05) is 6.04 Å². The highest BCUT2D eigenvalue weighted by molar-refractivity contribution is 7.14. The molecule has 4 nitrogen and oxygen atoms in total. The van der Waals surface area contributed by atoms with Crippen molar-refractivity contribution >= 4 is 28.6 Å². The first-order valence-electron chi connectivity index (χ1n) is 6.49. The molecule has 1 N–H and O–H groups in total. The van der Waals surface area contributed by atoms with E-state index in [0.29, 0.717) is 12.0 Å². The summed E-state index contributed by atoms with van der Waals surface area (Å²) in [5.41, 5.74) is 1.78. The maximum atomic E-state index is 4.68. The molecule has 1 saturated carbocycles. The van der Waals surface area contributed by atoms with E-state index >= 15 is 0 Å². The highest BCUT2D eigenvalue weighted by Crippen LogP contribution is 2.34. The van der Waals surface area contributed by atoms with Crippen LogP contribution in [0.15, 0.2) is 35.0 Å². The maximum Gasteiger partial charge on any atom is 0.243 e. The average Bonchev–Trinajstić information content (AvgIpc) is 3.00. The number of hydrogen-bond donors (Lipinski definition) is 1. The molecule has 1 aliphatic carbocycles. The molecule has 0 spiro atoms. The Balaban J connectivity index is 1.81. The second-order valence-electron chi connectivity index (χ2n) is 4.71. The molecule has 6 heteroatoms. The molecule has 0 atom stereocenters. The van der Waals surface area contributed by atoms with E-state index in [4.69, 9.17) is 0 Å². The molecule has 0 unspecified atom stereocenters. The van der Waals surface area contributed by atoms with Crippen LogP contribution in [0, 0.1) is 0 Å². The van der Waals surface area contributed by atoms with Gasteiger partial charge in [-0.3, -0.25) is 0 Å². The first-order chi connectivity index (χ1) is 9.90. The fourth-order valence-corrected chi connectivity index (χ4v) is 3.39. The van der Waals surface area contributed by atoms with Crippen LogP contribution in [0.2, 0.25) is 0 Å². The summed E-state index contributed by atoms with van der Waals surface area (Å²) >= 11 is 3.34. The Labute approximate surface area is 124 Å². The molecule has 3 aromatic heterocycles. The van der Waals surface area contributed by atoms with Crippen LogP contribution in [0.25, 0.3) is 21.1 Å². The Kier molecular flexibility index (Phi) is 2.97. The molecule has 0 bridgehead atoms. The topological polar surface area (TPSA) is 50.7 Å². The summed E-state index contributed by atoms with van der Waals surface area (Å²) in [6, 6.07) is 8.72. The van der Waals surface area contributed by atoms with Crippen LogP contribution in [0.1, 0.15) is 12.8 Å². The third kappa shape index (κ3) is 2.32. The van der Waals surface area contributed by atoms with Crippen molar-refractivity contribution in [3.8, 4) is 21.1 Å². The summed E-state index contributed by atoms with van der Waals surface area (Å²) in [5.74, 6) is 0.635. The fraction of sp³-hybridized carbons (Fsp3) is 0.214. The van der Waals surface area contributed by atoms with E-state index < -0.39 is 0 Å². The summed E-state index contributed by atoms with van der Waals surface area (Å²) in [7, 11) is 0. The molecule has 3 aromatic rings. The van der Waals surface area contributed by atoms with Crippen molar-refractivity contribution in [1.82, 2.24) is 15.2 Å². The number of hydrogen-bond acceptors (Lipinski definition) is 6. The van der Waals surface area contributed by atoms with Crippen LogP contribution in [0.4, 0.5) is 5.95 Å². The van der Waals surface area contributed by atoms with Gasteiger partial charge in [0.2, 0.25) is 5.95 Å². The molecule has 0 radical (unpaired) electrons. The number of thiophene rings is 2. The molecule has 1 fully saturated rings. The molecule has 0 aromatic carbocycles. The summed E-state index contributed by atoms with van der Waals surface area (Å²) in [4.78, 5) is 6.91. The highest BCUT2D eigenvalue weighted by atomic mass is 32.1. The van der Waals surface area contributed by atoms with E-state index in [0.717, 1.165) is 21.1 Å². The van der Waals surface area contributed by atoms with Crippen LogP contribution in [0.5, 0.6) is 0 Å². The lowest BCUT2D eigenvalue weighted by Gasteiger charge is -2.07. The summed E-state index contributed by atoms with van der Waals surface area (Å²) < 4.78 is 0. The standard InChI is InChI=1S/C14H12N4S2/c1-3-10(19-7-1)12-13(11-4-2-8-20-11)17-18-14(16-12)15-9-5-6-9/h1-4,7-9H,5-6H2,(H,15,16,18). The van der Waals surface area contributed by atoms with Gasteiger partial charge in [0.1, 0.15) is 11.4 Å². The molecule has 4 rings (SSSR count). The van der Waals surface area contributed by atoms with Gasteiger partial charge in [-0.1, -0.05) is 12.1 Å². The van der Waals surface area contributed by atoms with Gasteiger partial charge >= 0.3 is 0 Å². The Hall–Kier alpha value is -1.79. The van der Waals surface area contributed by atoms with Crippen LogP contribution >= 0.6 is 22.7 Å². The van der Waals surface area contributed by atoms with Crippen molar-refractivity contribution in [2.75, 3.05) is 5.32 Å². The first-order valence-corrected chi connectivity index (χ1v) is 8.25. The van der Waals surface area contributed by atoms with Gasteiger partial charge in [0.25, 0.3) is 0 Å². The summed E-state index contributed by atoms with van der Waals surface area (Å²) in [6.45, 7) is 0.